The number of likely N-dealkylation sites (tertiary alicyclic amines) is 1. The van der Waals surface area contributed by atoms with Gasteiger partial charge in [0.05, 0.1) is 7.11 Å². The van der Waals surface area contributed by atoms with Crippen molar-refractivity contribution >= 4 is 17.2 Å². The van der Waals surface area contributed by atoms with Crippen molar-refractivity contribution in [3.8, 4) is 5.75 Å². The number of hydrogen-bond donors (Lipinski definition) is 0. The highest BCUT2D eigenvalue weighted by molar-refractivity contribution is 7.12. The lowest BCUT2D eigenvalue weighted by molar-refractivity contribution is 0.0762. The predicted molar refractivity (Wildman–Crippen MR) is 95.5 cm³/mol. The summed E-state index contributed by atoms with van der Waals surface area (Å²) in [6.07, 6.45) is 4.81. The number of amides is 1. The summed E-state index contributed by atoms with van der Waals surface area (Å²) >= 11 is 1.43. The van der Waals surface area contributed by atoms with Crippen LogP contribution in [0.2, 0.25) is 0 Å². The minimum absolute atomic E-state index is 0.0290. The van der Waals surface area contributed by atoms with Crippen LogP contribution in [0.3, 0.4) is 0 Å². The van der Waals surface area contributed by atoms with E-state index < -0.39 is 0 Å². The fraction of sp³-hybridized carbons (Fsp3) is 0.444. The second-order valence-electron chi connectivity index (χ2n) is 6.26. The summed E-state index contributed by atoms with van der Waals surface area (Å²) in [5.74, 6) is 1.09. The van der Waals surface area contributed by atoms with Crippen LogP contribution in [0.5, 0.6) is 5.75 Å². The number of thiophene rings is 1. The van der Waals surface area contributed by atoms with Gasteiger partial charge in [0.2, 0.25) is 0 Å². The summed E-state index contributed by atoms with van der Waals surface area (Å²) < 4.78 is 5.28. The Labute approximate surface area is 146 Å². The first kappa shape index (κ1) is 16.9. The van der Waals surface area contributed by atoms with E-state index >= 15 is 0 Å². The third-order valence-electron chi connectivity index (χ3n) is 4.70. The number of methoxy groups -OCH3 is 1. The Morgan fingerprint density at radius 3 is 3.04 bits per heavy atom. The van der Waals surface area contributed by atoms with Crippen molar-refractivity contribution in [3.63, 3.8) is 0 Å². The quantitative estimate of drug-likeness (QED) is 0.836. The van der Waals surface area contributed by atoms with Gasteiger partial charge in [0.25, 0.3) is 5.91 Å². The van der Waals surface area contributed by atoms with Crippen LogP contribution in [0.4, 0.5) is 0 Å². The fourth-order valence-corrected chi connectivity index (χ4v) is 4.37. The van der Waals surface area contributed by atoms with E-state index in [1.165, 1.54) is 16.9 Å². The monoisotopic (exact) mass is 345 g/mol. The molecule has 5 nitrogen and oxygen atoms in total. The molecule has 2 atom stereocenters. The molecule has 0 N–H and O–H groups in total. The standard InChI is InChI=1S/C18H23N3O2S/c1-20-9-6-14(16(20)13-5-4-8-19-11-13)12-21(2)18(22)17-15(23-3)7-10-24-17/h4-5,7-8,10-11,14,16H,6,9,12H2,1-3H3/t14-,16-/m0/s1. The Kier molecular flexibility index (Phi) is 5.16. The molecule has 1 saturated heterocycles. The second-order valence-corrected chi connectivity index (χ2v) is 7.18. The van der Waals surface area contributed by atoms with Crippen molar-refractivity contribution in [2.75, 3.05) is 34.3 Å². The van der Waals surface area contributed by atoms with Crippen molar-refractivity contribution in [1.29, 1.82) is 0 Å². The number of ether oxygens (including phenoxy) is 1. The van der Waals surface area contributed by atoms with Crippen LogP contribution < -0.4 is 4.74 Å². The van der Waals surface area contributed by atoms with Gasteiger partial charge in [0, 0.05) is 32.0 Å². The maximum Gasteiger partial charge on any atom is 0.267 e. The van der Waals surface area contributed by atoms with E-state index in [0.29, 0.717) is 22.6 Å². The lowest BCUT2D eigenvalue weighted by atomic mass is 9.94. The molecule has 0 unspecified atom stereocenters. The number of rotatable bonds is 5. The number of carbonyl (C=O) groups excluding carboxylic acids is 1. The van der Waals surface area contributed by atoms with Crippen molar-refractivity contribution in [2.24, 2.45) is 5.92 Å². The Morgan fingerprint density at radius 2 is 2.33 bits per heavy atom. The van der Waals surface area contributed by atoms with Crippen molar-refractivity contribution in [1.82, 2.24) is 14.8 Å². The molecule has 2 aromatic heterocycles. The molecular weight excluding hydrogens is 322 g/mol. The molecule has 24 heavy (non-hydrogen) atoms. The summed E-state index contributed by atoms with van der Waals surface area (Å²) in [5, 5.41) is 1.89. The number of aromatic nitrogens is 1. The minimum atomic E-state index is 0.0290. The molecule has 1 aliphatic rings. The molecule has 3 heterocycles. The van der Waals surface area contributed by atoms with E-state index in [0.717, 1.165) is 19.5 Å². The van der Waals surface area contributed by atoms with Crippen LogP contribution in [0.15, 0.2) is 36.0 Å². The third-order valence-corrected chi connectivity index (χ3v) is 5.58. The number of hydrogen-bond acceptors (Lipinski definition) is 5. The highest BCUT2D eigenvalue weighted by Gasteiger charge is 2.34. The second kappa shape index (κ2) is 7.32. The van der Waals surface area contributed by atoms with Crippen molar-refractivity contribution in [3.05, 3.63) is 46.4 Å². The zero-order valence-electron chi connectivity index (χ0n) is 14.3. The van der Waals surface area contributed by atoms with Gasteiger partial charge in [0.1, 0.15) is 10.6 Å². The van der Waals surface area contributed by atoms with Crippen LogP contribution in [0, 0.1) is 5.92 Å². The first-order valence-electron chi connectivity index (χ1n) is 8.09. The van der Waals surface area contributed by atoms with Crippen LogP contribution in [-0.2, 0) is 0 Å². The average Bonchev–Trinajstić information content (AvgIpc) is 3.21. The number of pyridine rings is 1. The zero-order valence-corrected chi connectivity index (χ0v) is 15.1. The van der Waals surface area contributed by atoms with E-state index in [1.54, 1.807) is 13.3 Å². The molecule has 1 amide bonds. The SMILES string of the molecule is COc1ccsc1C(=O)N(C)C[C@@H]1CCN(C)[C@H]1c1cccnc1. The van der Waals surface area contributed by atoms with Crippen LogP contribution in [0.1, 0.15) is 27.7 Å². The molecule has 1 fully saturated rings. The topological polar surface area (TPSA) is 45.7 Å². The van der Waals surface area contributed by atoms with Crippen molar-refractivity contribution < 1.29 is 9.53 Å². The van der Waals surface area contributed by atoms with E-state index in [1.807, 2.05) is 35.7 Å². The molecule has 0 radical (unpaired) electrons. The van der Waals surface area contributed by atoms with Crippen LogP contribution in [0.25, 0.3) is 0 Å². The van der Waals surface area contributed by atoms with Crippen molar-refractivity contribution in [2.45, 2.75) is 12.5 Å². The van der Waals surface area contributed by atoms with E-state index in [-0.39, 0.29) is 5.91 Å². The summed E-state index contributed by atoms with van der Waals surface area (Å²) in [5.41, 5.74) is 1.22. The van der Waals surface area contributed by atoms with Gasteiger partial charge in [-0.1, -0.05) is 6.07 Å². The number of carbonyl (C=O) groups is 1. The summed E-state index contributed by atoms with van der Waals surface area (Å²) in [4.78, 5) is 21.8. The molecule has 0 saturated carbocycles. The largest absolute Gasteiger partial charge is 0.495 e. The summed E-state index contributed by atoms with van der Waals surface area (Å²) in [6.45, 7) is 1.76. The molecule has 3 rings (SSSR count). The molecule has 0 spiro atoms. The summed E-state index contributed by atoms with van der Waals surface area (Å²) in [6, 6.07) is 6.24. The molecular formula is C18H23N3O2S. The first-order chi connectivity index (χ1) is 11.6. The lowest BCUT2D eigenvalue weighted by Gasteiger charge is -2.28. The first-order valence-corrected chi connectivity index (χ1v) is 8.97. The van der Waals surface area contributed by atoms with E-state index in [2.05, 4.69) is 23.0 Å². The molecule has 0 aliphatic carbocycles. The third kappa shape index (κ3) is 3.30. The molecule has 0 bridgehead atoms. The highest BCUT2D eigenvalue weighted by atomic mass is 32.1. The fourth-order valence-electron chi connectivity index (χ4n) is 3.52. The Hall–Kier alpha value is -1.92. The minimum Gasteiger partial charge on any atom is -0.495 e. The normalized spacial score (nSPS) is 21.0. The Morgan fingerprint density at radius 1 is 1.50 bits per heavy atom. The zero-order chi connectivity index (χ0) is 17.1. The van der Waals surface area contributed by atoms with Gasteiger partial charge in [-0.05, 0) is 49.0 Å². The van der Waals surface area contributed by atoms with Gasteiger partial charge in [-0.25, -0.2) is 0 Å². The molecule has 1 aliphatic heterocycles. The Balaban J connectivity index is 1.73. The number of nitrogens with zero attached hydrogens (tertiary/aromatic N) is 3. The Bertz CT molecular complexity index is 689. The smallest absolute Gasteiger partial charge is 0.267 e. The average molecular weight is 345 g/mol. The highest BCUT2D eigenvalue weighted by Crippen LogP contribution is 2.36. The predicted octanol–water partition coefficient (Wildman–Crippen LogP) is 2.92. The van der Waals surface area contributed by atoms with Gasteiger partial charge in [-0.3, -0.25) is 14.7 Å². The molecule has 128 valence electrons. The van der Waals surface area contributed by atoms with Gasteiger partial charge in [-0.15, -0.1) is 11.3 Å². The summed E-state index contributed by atoms with van der Waals surface area (Å²) in [7, 11) is 5.62. The maximum absolute atomic E-state index is 12.7. The molecule has 2 aromatic rings. The van der Waals surface area contributed by atoms with Crippen LogP contribution >= 0.6 is 11.3 Å². The molecule has 0 aromatic carbocycles. The van der Waals surface area contributed by atoms with Gasteiger partial charge < -0.3 is 9.64 Å². The molecule has 6 heteroatoms. The van der Waals surface area contributed by atoms with Crippen LogP contribution in [-0.4, -0.2) is 55.0 Å². The van der Waals surface area contributed by atoms with Gasteiger partial charge >= 0.3 is 0 Å². The maximum atomic E-state index is 12.7. The van der Waals surface area contributed by atoms with Gasteiger partial charge in [-0.2, -0.15) is 0 Å². The van der Waals surface area contributed by atoms with Gasteiger partial charge in [0.15, 0.2) is 0 Å². The van der Waals surface area contributed by atoms with E-state index in [9.17, 15) is 4.79 Å². The lowest BCUT2D eigenvalue weighted by Crippen LogP contribution is -2.34. The van der Waals surface area contributed by atoms with E-state index in [4.69, 9.17) is 4.74 Å².